The molecule has 24 heavy (non-hydrogen) atoms. The van der Waals surface area contributed by atoms with Crippen molar-refractivity contribution in [3.63, 3.8) is 0 Å². The van der Waals surface area contributed by atoms with E-state index < -0.39 is 0 Å². The zero-order valence-electron chi connectivity index (χ0n) is 13.0. The van der Waals surface area contributed by atoms with Gasteiger partial charge in [0.05, 0.1) is 12.9 Å². The number of nitrogens with one attached hydrogen (secondary N) is 2. The number of methoxy groups -OCH3 is 1. The largest absolute Gasteiger partial charge is 0.497 e. The molecule has 2 aromatic heterocycles. The summed E-state index contributed by atoms with van der Waals surface area (Å²) in [5.41, 5.74) is 0.731. The van der Waals surface area contributed by atoms with Crippen LogP contribution in [0.3, 0.4) is 0 Å². The van der Waals surface area contributed by atoms with Gasteiger partial charge < -0.3 is 10.1 Å². The molecule has 0 saturated heterocycles. The molecular weight excluding hydrogens is 344 g/mol. The number of thiophene rings is 1. The van der Waals surface area contributed by atoms with Gasteiger partial charge in [0.15, 0.2) is 0 Å². The molecule has 0 atom stereocenters. The maximum absolute atomic E-state index is 12.0. The number of rotatable bonds is 7. The summed E-state index contributed by atoms with van der Waals surface area (Å²) >= 11 is 2.98. The summed E-state index contributed by atoms with van der Waals surface area (Å²) in [5.74, 6) is 1.70. The van der Waals surface area contributed by atoms with Crippen molar-refractivity contribution in [2.45, 2.75) is 11.6 Å². The van der Waals surface area contributed by atoms with Crippen LogP contribution in [-0.4, -0.2) is 34.0 Å². The van der Waals surface area contributed by atoms with Gasteiger partial charge in [0.2, 0.25) is 11.1 Å². The molecule has 124 valence electrons. The lowest BCUT2D eigenvalue weighted by Crippen LogP contribution is -2.14. The normalized spacial score (nSPS) is 10.5. The standard InChI is InChI=1S/C16H16N4O2S2/c1-22-12-6-4-11(5-7-12)17-15(21)10-24-16-18-14(19-20-16)9-13-3-2-8-23-13/h2-8H,9-10H2,1H3,(H,17,21)(H,18,19,20). The first-order valence-corrected chi connectivity index (χ1v) is 9.10. The van der Waals surface area contributed by atoms with Crippen LogP contribution in [0.1, 0.15) is 10.7 Å². The molecule has 6 nitrogen and oxygen atoms in total. The summed E-state index contributed by atoms with van der Waals surface area (Å²) in [6.07, 6.45) is 0.725. The Bertz CT molecular complexity index is 785. The number of anilines is 1. The van der Waals surface area contributed by atoms with E-state index in [4.69, 9.17) is 4.74 Å². The Morgan fingerprint density at radius 2 is 2.17 bits per heavy atom. The quantitative estimate of drug-likeness (QED) is 0.633. The fourth-order valence-electron chi connectivity index (χ4n) is 2.00. The van der Waals surface area contributed by atoms with Crippen molar-refractivity contribution >= 4 is 34.7 Å². The zero-order valence-corrected chi connectivity index (χ0v) is 14.6. The molecule has 8 heteroatoms. The maximum atomic E-state index is 12.0. The van der Waals surface area contributed by atoms with Gasteiger partial charge in [-0.15, -0.1) is 16.4 Å². The minimum atomic E-state index is -0.102. The summed E-state index contributed by atoms with van der Waals surface area (Å²) in [4.78, 5) is 17.6. The summed E-state index contributed by atoms with van der Waals surface area (Å²) in [6, 6.07) is 11.3. The van der Waals surface area contributed by atoms with E-state index >= 15 is 0 Å². The highest BCUT2D eigenvalue weighted by atomic mass is 32.2. The number of hydrogen-bond donors (Lipinski definition) is 2. The summed E-state index contributed by atoms with van der Waals surface area (Å²) in [6.45, 7) is 0. The van der Waals surface area contributed by atoms with Crippen LogP contribution < -0.4 is 10.1 Å². The second kappa shape index (κ2) is 7.98. The molecule has 0 bridgehead atoms. The van der Waals surface area contributed by atoms with Gasteiger partial charge in [0.25, 0.3) is 0 Å². The van der Waals surface area contributed by atoms with Gasteiger partial charge >= 0.3 is 0 Å². The monoisotopic (exact) mass is 360 g/mol. The number of thioether (sulfide) groups is 1. The molecule has 2 N–H and O–H groups in total. The fourth-order valence-corrected chi connectivity index (χ4v) is 3.33. The first-order chi connectivity index (χ1) is 11.7. The lowest BCUT2D eigenvalue weighted by atomic mass is 10.3. The lowest BCUT2D eigenvalue weighted by molar-refractivity contribution is -0.113. The predicted molar refractivity (Wildman–Crippen MR) is 95.9 cm³/mol. The van der Waals surface area contributed by atoms with E-state index in [-0.39, 0.29) is 11.7 Å². The van der Waals surface area contributed by atoms with Crippen molar-refractivity contribution in [2.75, 3.05) is 18.2 Å². The minimum absolute atomic E-state index is 0.102. The molecule has 0 radical (unpaired) electrons. The van der Waals surface area contributed by atoms with Crippen LogP contribution in [0.5, 0.6) is 5.75 Å². The average molecular weight is 360 g/mol. The van der Waals surface area contributed by atoms with Crippen molar-refractivity contribution in [1.29, 1.82) is 0 Å². The second-order valence-electron chi connectivity index (χ2n) is 4.89. The van der Waals surface area contributed by atoms with Crippen LogP contribution in [0.2, 0.25) is 0 Å². The molecule has 1 aromatic carbocycles. The Hall–Kier alpha value is -2.32. The Labute approximate surface area is 147 Å². The third-order valence-corrected chi connectivity index (χ3v) is 4.86. The van der Waals surface area contributed by atoms with E-state index in [9.17, 15) is 4.79 Å². The SMILES string of the molecule is COc1ccc(NC(=O)CSc2n[nH]c(Cc3cccs3)n2)cc1. The number of aromatic amines is 1. The molecule has 0 aliphatic heterocycles. The average Bonchev–Trinajstić information content (AvgIpc) is 3.26. The second-order valence-corrected chi connectivity index (χ2v) is 6.86. The molecule has 3 aromatic rings. The Kier molecular flexibility index (Phi) is 5.50. The van der Waals surface area contributed by atoms with Crippen molar-refractivity contribution in [3.05, 3.63) is 52.5 Å². The Morgan fingerprint density at radius 3 is 2.88 bits per heavy atom. The molecule has 0 aliphatic carbocycles. The van der Waals surface area contributed by atoms with Gasteiger partial charge in [-0.3, -0.25) is 9.89 Å². The fraction of sp³-hybridized carbons (Fsp3) is 0.188. The molecule has 0 saturated carbocycles. The van der Waals surface area contributed by atoms with E-state index in [2.05, 4.69) is 26.6 Å². The number of ether oxygens (including phenoxy) is 1. The molecule has 0 unspecified atom stereocenters. The van der Waals surface area contributed by atoms with Crippen LogP contribution in [0.15, 0.2) is 46.9 Å². The van der Waals surface area contributed by atoms with E-state index in [0.29, 0.717) is 5.16 Å². The highest BCUT2D eigenvalue weighted by Crippen LogP contribution is 2.18. The number of aromatic nitrogens is 3. The molecule has 0 aliphatic rings. The molecule has 3 rings (SSSR count). The summed E-state index contributed by atoms with van der Waals surface area (Å²) < 4.78 is 5.08. The van der Waals surface area contributed by atoms with E-state index in [0.717, 1.165) is 23.7 Å². The smallest absolute Gasteiger partial charge is 0.234 e. The number of nitrogens with zero attached hydrogens (tertiary/aromatic N) is 2. The first-order valence-electron chi connectivity index (χ1n) is 7.23. The van der Waals surface area contributed by atoms with E-state index in [1.165, 1.54) is 16.6 Å². The predicted octanol–water partition coefficient (Wildman–Crippen LogP) is 3.20. The number of carbonyl (C=O) groups excluding carboxylic acids is 1. The topological polar surface area (TPSA) is 79.9 Å². The number of carbonyl (C=O) groups is 1. The lowest BCUT2D eigenvalue weighted by Gasteiger charge is -2.05. The van der Waals surface area contributed by atoms with Crippen LogP contribution in [-0.2, 0) is 11.2 Å². The molecule has 2 heterocycles. The first kappa shape index (κ1) is 16.5. The third-order valence-electron chi connectivity index (χ3n) is 3.14. The number of H-pyrrole nitrogens is 1. The van der Waals surface area contributed by atoms with E-state index in [1.807, 2.05) is 11.4 Å². The minimum Gasteiger partial charge on any atom is -0.497 e. The molecule has 0 spiro atoms. The van der Waals surface area contributed by atoms with Crippen molar-refractivity contribution in [3.8, 4) is 5.75 Å². The Morgan fingerprint density at radius 1 is 1.33 bits per heavy atom. The van der Waals surface area contributed by atoms with Gasteiger partial charge in [0.1, 0.15) is 11.6 Å². The van der Waals surface area contributed by atoms with Crippen LogP contribution in [0, 0.1) is 0 Å². The molecule has 0 fully saturated rings. The van der Waals surface area contributed by atoms with E-state index in [1.54, 1.807) is 42.7 Å². The van der Waals surface area contributed by atoms with Crippen LogP contribution in [0.25, 0.3) is 0 Å². The van der Waals surface area contributed by atoms with Gasteiger partial charge in [-0.05, 0) is 35.7 Å². The highest BCUT2D eigenvalue weighted by molar-refractivity contribution is 7.99. The summed E-state index contributed by atoms with van der Waals surface area (Å²) in [5, 5.41) is 12.5. The van der Waals surface area contributed by atoms with Crippen molar-refractivity contribution < 1.29 is 9.53 Å². The van der Waals surface area contributed by atoms with Gasteiger partial charge in [0, 0.05) is 17.0 Å². The summed E-state index contributed by atoms with van der Waals surface area (Å²) in [7, 11) is 1.60. The van der Waals surface area contributed by atoms with Gasteiger partial charge in [-0.2, -0.15) is 0 Å². The van der Waals surface area contributed by atoms with Gasteiger partial charge in [-0.25, -0.2) is 4.98 Å². The van der Waals surface area contributed by atoms with Crippen molar-refractivity contribution in [1.82, 2.24) is 15.2 Å². The number of hydrogen-bond acceptors (Lipinski definition) is 6. The van der Waals surface area contributed by atoms with Crippen LogP contribution in [0.4, 0.5) is 5.69 Å². The third kappa shape index (κ3) is 4.59. The van der Waals surface area contributed by atoms with Gasteiger partial charge in [-0.1, -0.05) is 17.8 Å². The number of amides is 1. The molecular formula is C16H16N4O2S2. The van der Waals surface area contributed by atoms with Crippen LogP contribution >= 0.6 is 23.1 Å². The zero-order chi connectivity index (χ0) is 16.8. The van der Waals surface area contributed by atoms with Crippen molar-refractivity contribution in [2.24, 2.45) is 0 Å². The maximum Gasteiger partial charge on any atom is 0.234 e. The molecule has 1 amide bonds. The Balaban J connectivity index is 1.48. The highest BCUT2D eigenvalue weighted by Gasteiger charge is 2.09. The number of benzene rings is 1.